The third-order valence-electron chi connectivity index (χ3n) is 3.44. The second kappa shape index (κ2) is 7.21. The largest absolute Gasteiger partial charge is 0.481 e. The van der Waals surface area contributed by atoms with Crippen LogP contribution in [0.2, 0.25) is 0 Å². The zero-order valence-electron chi connectivity index (χ0n) is 11.6. The molecule has 0 aromatic carbocycles. The minimum atomic E-state index is -3.52. The molecule has 112 valence electrons. The lowest BCUT2D eigenvalue weighted by atomic mass is 9.79. The van der Waals surface area contributed by atoms with E-state index in [4.69, 9.17) is 5.11 Å². The Labute approximate surface area is 115 Å². The van der Waals surface area contributed by atoms with Crippen molar-refractivity contribution in [3.63, 3.8) is 0 Å². The van der Waals surface area contributed by atoms with Crippen molar-refractivity contribution in [1.82, 2.24) is 9.44 Å². The van der Waals surface area contributed by atoms with Crippen LogP contribution in [0, 0.1) is 17.8 Å². The first-order valence-corrected chi connectivity index (χ1v) is 8.27. The maximum Gasteiger partial charge on any atom is 0.306 e. The van der Waals surface area contributed by atoms with Crippen molar-refractivity contribution in [2.45, 2.75) is 39.5 Å². The highest BCUT2D eigenvalue weighted by Gasteiger charge is 2.31. The zero-order valence-corrected chi connectivity index (χ0v) is 12.4. The second-order valence-electron chi connectivity index (χ2n) is 5.58. The molecule has 1 rings (SSSR count). The van der Waals surface area contributed by atoms with E-state index >= 15 is 0 Å². The molecule has 2 atom stereocenters. The first-order valence-electron chi connectivity index (χ1n) is 6.79. The number of hydrogen-bond acceptors (Lipinski definition) is 3. The fraction of sp³-hybridized carbons (Fsp3) is 0.917. The average Bonchev–Trinajstić information content (AvgIpc) is 2.34. The molecule has 0 saturated heterocycles. The molecule has 0 aromatic heterocycles. The second-order valence-corrected chi connectivity index (χ2v) is 7.17. The number of hydrogen-bond donors (Lipinski definition) is 3. The van der Waals surface area contributed by atoms with Crippen molar-refractivity contribution in [3.8, 4) is 0 Å². The molecule has 3 N–H and O–H groups in total. The molecule has 1 saturated carbocycles. The Morgan fingerprint density at radius 3 is 2.47 bits per heavy atom. The summed E-state index contributed by atoms with van der Waals surface area (Å²) in [5.41, 5.74) is 0. The maximum absolute atomic E-state index is 11.7. The number of aliphatic carboxylic acids is 1. The third kappa shape index (κ3) is 5.88. The van der Waals surface area contributed by atoms with Gasteiger partial charge in [0.15, 0.2) is 0 Å². The normalized spacial score (nSPS) is 24.6. The minimum Gasteiger partial charge on any atom is -0.481 e. The summed E-state index contributed by atoms with van der Waals surface area (Å²) < 4.78 is 28.3. The van der Waals surface area contributed by atoms with Gasteiger partial charge in [-0.25, -0.2) is 9.44 Å². The van der Waals surface area contributed by atoms with Gasteiger partial charge in [0.05, 0.1) is 5.92 Å². The summed E-state index contributed by atoms with van der Waals surface area (Å²) >= 11 is 0. The van der Waals surface area contributed by atoms with Gasteiger partial charge in [-0.05, 0) is 24.7 Å². The van der Waals surface area contributed by atoms with Gasteiger partial charge < -0.3 is 5.11 Å². The van der Waals surface area contributed by atoms with Crippen LogP contribution in [0.4, 0.5) is 0 Å². The highest BCUT2D eigenvalue weighted by molar-refractivity contribution is 7.87. The first kappa shape index (κ1) is 16.4. The average molecular weight is 292 g/mol. The molecule has 1 fully saturated rings. The molecule has 0 spiro atoms. The van der Waals surface area contributed by atoms with Crippen LogP contribution in [0.3, 0.4) is 0 Å². The van der Waals surface area contributed by atoms with Gasteiger partial charge in [-0.3, -0.25) is 4.79 Å². The van der Waals surface area contributed by atoms with E-state index in [1.807, 2.05) is 13.8 Å². The summed E-state index contributed by atoms with van der Waals surface area (Å²) in [5, 5.41) is 9.12. The molecular formula is C12H24N2O4S. The van der Waals surface area contributed by atoms with E-state index in [1.165, 1.54) is 0 Å². The predicted molar refractivity (Wildman–Crippen MR) is 72.8 cm³/mol. The number of carboxylic acid groups (broad SMARTS) is 1. The molecule has 0 radical (unpaired) electrons. The summed E-state index contributed by atoms with van der Waals surface area (Å²) in [7, 11) is -3.52. The van der Waals surface area contributed by atoms with Crippen molar-refractivity contribution in [2.75, 3.05) is 13.1 Å². The lowest BCUT2D eigenvalue weighted by molar-refractivity contribution is -0.144. The smallest absolute Gasteiger partial charge is 0.306 e. The molecule has 0 aliphatic heterocycles. The van der Waals surface area contributed by atoms with E-state index < -0.39 is 22.1 Å². The van der Waals surface area contributed by atoms with E-state index in [0.717, 1.165) is 19.3 Å². The van der Waals surface area contributed by atoms with E-state index in [1.54, 1.807) is 0 Å². The summed E-state index contributed by atoms with van der Waals surface area (Å²) in [6, 6.07) is 0. The van der Waals surface area contributed by atoms with Gasteiger partial charge in [0.25, 0.3) is 10.2 Å². The monoisotopic (exact) mass is 292 g/mol. The van der Waals surface area contributed by atoms with Crippen LogP contribution >= 0.6 is 0 Å². The minimum absolute atomic E-state index is 0.109. The van der Waals surface area contributed by atoms with Crippen LogP contribution < -0.4 is 9.44 Å². The highest BCUT2D eigenvalue weighted by atomic mass is 32.2. The number of carbonyl (C=O) groups is 1. The van der Waals surface area contributed by atoms with Crippen molar-refractivity contribution in [1.29, 1.82) is 0 Å². The van der Waals surface area contributed by atoms with Gasteiger partial charge >= 0.3 is 5.97 Å². The Bertz CT molecular complexity index is 395. The number of nitrogens with one attached hydrogen (secondary N) is 2. The van der Waals surface area contributed by atoms with Crippen LogP contribution in [0.25, 0.3) is 0 Å². The number of carboxylic acids is 1. The zero-order chi connectivity index (χ0) is 14.5. The molecule has 2 unspecified atom stereocenters. The number of rotatable bonds is 7. The fourth-order valence-electron chi connectivity index (χ4n) is 2.32. The molecular weight excluding hydrogens is 268 g/mol. The predicted octanol–water partition coefficient (Wildman–Crippen LogP) is 0.957. The Balaban J connectivity index is 2.47. The van der Waals surface area contributed by atoms with Crippen molar-refractivity contribution >= 4 is 16.2 Å². The molecule has 0 bridgehead atoms. The lowest BCUT2D eigenvalue weighted by Crippen LogP contribution is -2.43. The third-order valence-corrected chi connectivity index (χ3v) is 4.54. The van der Waals surface area contributed by atoms with Gasteiger partial charge in [0.2, 0.25) is 0 Å². The van der Waals surface area contributed by atoms with Crippen molar-refractivity contribution < 1.29 is 18.3 Å². The Morgan fingerprint density at radius 2 is 1.89 bits per heavy atom. The van der Waals surface area contributed by atoms with Gasteiger partial charge in [-0.2, -0.15) is 8.42 Å². The van der Waals surface area contributed by atoms with Crippen LogP contribution in [-0.4, -0.2) is 32.6 Å². The molecule has 0 aromatic rings. The molecule has 6 nitrogen and oxygen atoms in total. The molecule has 1 aliphatic rings. The SMILES string of the molecule is CC(C)CNS(=O)(=O)NCC1CCCCC1C(=O)O. The Kier molecular flexibility index (Phi) is 6.22. The Morgan fingerprint density at radius 1 is 1.26 bits per heavy atom. The van der Waals surface area contributed by atoms with E-state index in [0.29, 0.717) is 13.0 Å². The van der Waals surface area contributed by atoms with E-state index in [9.17, 15) is 13.2 Å². The van der Waals surface area contributed by atoms with E-state index in [2.05, 4.69) is 9.44 Å². The van der Waals surface area contributed by atoms with Gasteiger partial charge in [0, 0.05) is 13.1 Å². The van der Waals surface area contributed by atoms with Crippen LogP contribution in [0.5, 0.6) is 0 Å². The molecule has 0 heterocycles. The molecule has 19 heavy (non-hydrogen) atoms. The maximum atomic E-state index is 11.7. The molecule has 1 aliphatic carbocycles. The van der Waals surface area contributed by atoms with Crippen LogP contribution in [-0.2, 0) is 15.0 Å². The van der Waals surface area contributed by atoms with Crippen molar-refractivity contribution in [3.05, 3.63) is 0 Å². The van der Waals surface area contributed by atoms with Gasteiger partial charge in [-0.15, -0.1) is 0 Å². The van der Waals surface area contributed by atoms with Gasteiger partial charge in [0.1, 0.15) is 0 Å². The summed E-state index contributed by atoms with van der Waals surface area (Å²) in [6.07, 6.45) is 3.28. The topological polar surface area (TPSA) is 95.5 Å². The highest BCUT2D eigenvalue weighted by Crippen LogP contribution is 2.29. The van der Waals surface area contributed by atoms with Crippen molar-refractivity contribution in [2.24, 2.45) is 17.8 Å². The van der Waals surface area contributed by atoms with Crippen LogP contribution in [0.15, 0.2) is 0 Å². The standard InChI is InChI=1S/C12H24N2O4S/c1-9(2)7-13-19(17,18)14-8-10-5-3-4-6-11(10)12(15)16/h9-11,13-14H,3-8H2,1-2H3,(H,15,16). The first-order chi connectivity index (χ1) is 8.82. The fourth-order valence-corrected chi connectivity index (χ4v) is 3.41. The molecule has 0 amide bonds. The summed E-state index contributed by atoms with van der Waals surface area (Å²) in [4.78, 5) is 11.1. The lowest BCUT2D eigenvalue weighted by Gasteiger charge is -2.28. The van der Waals surface area contributed by atoms with E-state index in [-0.39, 0.29) is 18.4 Å². The van der Waals surface area contributed by atoms with Crippen LogP contribution in [0.1, 0.15) is 39.5 Å². The summed E-state index contributed by atoms with van der Waals surface area (Å²) in [6.45, 7) is 4.42. The van der Waals surface area contributed by atoms with Gasteiger partial charge in [-0.1, -0.05) is 26.7 Å². The quantitative estimate of drug-likeness (QED) is 0.651. The summed E-state index contributed by atoms with van der Waals surface area (Å²) in [5.74, 6) is -1.12. The molecule has 7 heteroatoms. The Hall–Kier alpha value is -0.660.